The molecule has 0 aromatic heterocycles. The monoisotopic (exact) mass is 246 g/mol. The van der Waals surface area contributed by atoms with Gasteiger partial charge in [0.1, 0.15) is 5.38 Å². The van der Waals surface area contributed by atoms with E-state index in [1.807, 2.05) is 0 Å². The van der Waals surface area contributed by atoms with Crippen LogP contribution in [0.15, 0.2) is 24.3 Å². The second-order valence-electron chi connectivity index (χ2n) is 2.78. The summed E-state index contributed by atoms with van der Waals surface area (Å²) in [6.45, 7) is 0. The van der Waals surface area contributed by atoms with Gasteiger partial charge >= 0.3 is 5.97 Å². The van der Waals surface area contributed by atoms with E-state index in [1.54, 1.807) is 12.1 Å². The molecular weight excluding hydrogens is 239 g/mol. The third-order valence-electron chi connectivity index (χ3n) is 1.82. The highest BCUT2D eigenvalue weighted by atomic mass is 35.5. The lowest BCUT2D eigenvalue weighted by molar-refractivity contribution is -0.111. The van der Waals surface area contributed by atoms with Crippen molar-refractivity contribution in [2.24, 2.45) is 0 Å². The molecule has 1 aromatic rings. The zero-order valence-corrected chi connectivity index (χ0v) is 9.38. The highest BCUT2D eigenvalue weighted by Gasteiger charge is 2.15. The van der Waals surface area contributed by atoms with Gasteiger partial charge in [0.05, 0.1) is 12.7 Å². The topological polar surface area (TPSA) is 43.4 Å². The van der Waals surface area contributed by atoms with Crippen LogP contribution in [0.4, 0.5) is 0 Å². The van der Waals surface area contributed by atoms with Crippen molar-refractivity contribution in [3.63, 3.8) is 0 Å². The fourth-order valence-electron chi connectivity index (χ4n) is 1.04. The first-order valence-corrected chi connectivity index (χ1v) is 4.89. The Morgan fingerprint density at radius 3 is 2.20 bits per heavy atom. The van der Waals surface area contributed by atoms with E-state index < -0.39 is 16.6 Å². The van der Waals surface area contributed by atoms with Gasteiger partial charge in [-0.25, -0.2) is 4.79 Å². The normalized spacial score (nSPS) is 11.9. The highest BCUT2D eigenvalue weighted by Crippen LogP contribution is 2.23. The first kappa shape index (κ1) is 12.0. The maximum absolute atomic E-state index is 11.1. The van der Waals surface area contributed by atoms with Crippen molar-refractivity contribution in [2.45, 2.75) is 5.38 Å². The molecule has 1 aromatic carbocycles. The van der Waals surface area contributed by atoms with Crippen LogP contribution >= 0.6 is 23.2 Å². The fourth-order valence-corrected chi connectivity index (χ4v) is 1.31. The molecule has 0 aliphatic heterocycles. The number of benzene rings is 1. The lowest BCUT2D eigenvalue weighted by Crippen LogP contribution is -2.03. The molecule has 5 heteroatoms. The molecule has 0 fully saturated rings. The van der Waals surface area contributed by atoms with Gasteiger partial charge in [-0.1, -0.05) is 12.1 Å². The maximum atomic E-state index is 11.1. The zero-order chi connectivity index (χ0) is 11.4. The predicted octanol–water partition coefficient (Wildman–Crippen LogP) is 2.52. The molecule has 3 nitrogen and oxygen atoms in total. The van der Waals surface area contributed by atoms with Crippen molar-refractivity contribution in [2.75, 3.05) is 7.11 Å². The molecular formula is C10H8Cl2O3. The van der Waals surface area contributed by atoms with Crippen LogP contribution in [0.1, 0.15) is 21.3 Å². The predicted molar refractivity (Wildman–Crippen MR) is 57.2 cm³/mol. The Hall–Kier alpha value is -1.06. The average Bonchev–Trinajstić information content (AvgIpc) is 2.27. The van der Waals surface area contributed by atoms with Crippen molar-refractivity contribution in [1.29, 1.82) is 0 Å². The molecule has 0 heterocycles. The van der Waals surface area contributed by atoms with Crippen LogP contribution in [-0.2, 0) is 9.53 Å². The molecule has 0 amide bonds. The third kappa shape index (κ3) is 2.94. The zero-order valence-electron chi connectivity index (χ0n) is 7.87. The third-order valence-corrected chi connectivity index (χ3v) is 2.60. The number of carbonyl (C=O) groups excluding carboxylic acids is 2. The number of hydrogen-bond donors (Lipinski definition) is 0. The van der Waals surface area contributed by atoms with Crippen molar-refractivity contribution >= 4 is 34.4 Å². The molecule has 0 aliphatic rings. The SMILES string of the molecule is COC(=O)c1ccc(C(Cl)C(=O)Cl)cc1. The number of methoxy groups -OCH3 is 1. The van der Waals surface area contributed by atoms with E-state index in [2.05, 4.69) is 4.74 Å². The van der Waals surface area contributed by atoms with E-state index in [0.29, 0.717) is 11.1 Å². The Labute approximate surface area is 96.9 Å². The summed E-state index contributed by atoms with van der Waals surface area (Å²) >= 11 is 10.9. The standard InChI is InChI=1S/C10H8Cl2O3/c1-15-10(14)7-4-2-6(3-5-7)8(11)9(12)13/h2-5,8H,1H3. The van der Waals surface area contributed by atoms with Gasteiger partial charge in [-0.3, -0.25) is 4.79 Å². The molecule has 0 saturated heterocycles. The summed E-state index contributed by atoms with van der Waals surface area (Å²) < 4.78 is 4.52. The molecule has 1 unspecified atom stereocenters. The Bertz CT molecular complexity index is 373. The summed E-state index contributed by atoms with van der Waals surface area (Å²) in [5.74, 6) is -0.440. The van der Waals surface area contributed by atoms with Gasteiger partial charge in [-0.05, 0) is 29.3 Å². The summed E-state index contributed by atoms with van der Waals surface area (Å²) in [6, 6.07) is 6.17. The Kier molecular flexibility index (Phi) is 4.12. The van der Waals surface area contributed by atoms with Crippen LogP contribution in [0.2, 0.25) is 0 Å². The molecule has 0 aliphatic carbocycles. The Balaban J connectivity index is 2.90. The lowest BCUT2D eigenvalue weighted by atomic mass is 10.1. The number of carbonyl (C=O) groups is 2. The molecule has 1 atom stereocenters. The van der Waals surface area contributed by atoms with Crippen LogP contribution in [0, 0.1) is 0 Å². The molecule has 0 bridgehead atoms. The summed E-state index contributed by atoms with van der Waals surface area (Å²) in [5.41, 5.74) is 0.941. The molecule has 1 rings (SSSR count). The first-order chi connectivity index (χ1) is 7.06. The highest BCUT2D eigenvalue weighted by molar-refractivity contribution is 6.68. The van der Waals surface area contributed by atoms with Crippen molar-refractivity contribution in [1.82, 2.24) is 0 Å². The first-order valence-electron chi connectivity index (χ1n) is 4.08. The van der Waals surface area contributed by atoms with E-state index >= 15 is 0 Å². The molecule has 80 valence electrons. The van der Waals surface area contributed by atoms with Gasteiger partial charge in [-0.15, -0.1) is 11.6 Å². The van der Waals surface area contributed by atoms with Crippen LogP contribution in [-0.4, -0.2) is 18.3 Å². The minimum atomic E-state index is -0.890. The van der Waals surface area contributed by atoms with E-state index in [-0.39, 0.29) is 0 Å². The maximum Gasteiger partial charge on any atom is 0.337 e. The fraction of sp³-hybridized carbons (Fsp3) is 0.200. The molecule has 0 radical (unpaired) electrons. The van der Waals surface area contributed by atoms with Gasteiger partial charge in [0.15, 0.2) is 0 Å². The van der Waals surface area contributed by atoms with Gasteiger partial charge < -0.3 is 4.74 Å². The second-order valence-corrected chi connectivity index (χ2v) is 3.59. The molecule has 0 spiro atoms. The minimum Gasteiger partial charge on any atom is -0.465 e. The number of alkyl halides is 1. The minimum absolute atomic E-state index is 0.395. The molecule has 0 saturated carbocycles. The second kappa shape index (κ2) is 5.14. The number of rotatable bonds is 3. The average molecular weight is 247 g/mol. The Morgan fingerprint density at radius 2 is 1.80 bits per heavy atom. The van der Waals surface area contributed by atoms with Crippen molar-refractivity contribution in [3.8, 4) is 0 Å². The van der Waals surface area contributed by atoms with Crippen molar-refractivity contribution in [3.05, 3.63) is 35.4 Å². The number of hydrogen-bond acceptors (Lipinski definition) is 3. The summed E-state index contributed by atoms with van der Waals surface area (Å²) in [4.78, 5) is 21.8. The number of ether oxygens (including phenoxy) is 1. The van der Waals surface area contributed by atoms with Gasteiger partial charge in [0, 0.05) is 0 Å². The van der Waals surface area contributed by atoms with Crippen LogP contribution < -0.4 is 0 Å². The largest absolute Gasteiger partial charge is 0.465 e. The number of halogens is 2. The van der Waals surface area contributed by atoms with Crippen LogP contribution in [0.5, 0.6) is 0 Å². The van der Waals surface area contributed by atoms with Crippen LogP contribution in [0.3, 0.4) is 0 Å². The summed E-state index contributed by atoms with van der Waals surface area (Å²) in [5, 5.41) is -1.54. The molecule has 15 heavy (non-hydrogen) atoms. The van der Waals surface area contributed by atoms with Gasteiger partial charge in [0.2, 0.25) is 5.24 Å². The van der Waals surface area contributed by atoms with Gasteiger partial charge in [0.25, 0.3) is 0 Å². The van der Waals surface area contributed by atoms with Crippen molar-refractivity contribution < 1.29 is 14.3 Å². The molecule has 0 N–H and O–H groups in total. The van der Waals surface area contributed by atoms with Gasteiger partial charge in [-0.2, -0.15) is 0 Å². The number of esters is 1. The van der Waals surface area contributed by atoms with Crippen LogP contribution in [0.25, 0.3) is 0 Å². The van der Waals surface area contributed by atoms with E-state index in [4.69, 9.17) is 23.2 Å². The Morgan fingerprint density at radius 1 is 1.27 bits per heavy atom. The van der Waals surface area contributed by atoms with E-state index in [0.717, 1.165) is 0 Å². The summed E-state index contributed by atoms with van der Waals surface area (Å²) in [7, 11) is 1.29. The lowest BCUT2D eigenvalue weighted by Gasteiger charge is -2.05. The summed E-state index contributed by atoms with van der Waals surface area (Å²) in [6.07, 6.45) is 0. The van der Waals surface area contributed by atoms with E-state index in [1.165, 1.54) is 19.2 Å². The quantitative estimate of drug-likeness (QED) is 0.468. The smallest absolute Gasteiger partial charge is 0.337 e. The van der Waals surface area contributed by atoms with E-state index in [9.17, 15) is 9.59 Å².